The van der Waals surface area contributed by atoms with E-state index in [0.717, 1.165) is 17.6 Å². The zero-order chi connectivity index (χ0) is 8.43. The van der Waals surface area contributed by atoms with Crippen LogP contribution in [-0.2, 0) is 0 Å². The van der Waals surface area contributed by atoms with Gasteiger partial charge in [0, 0.05) is 0 Å². The molecule has 0 heterocycles. The smallest absolute Gasteiger partial charge is 0.105 e. The van der Waals surface area contributed by atoms with Crippen LogP contribution in [0.2, 0.25) is 0 Å². The second-order valence-corrected chi connectivity index (χ2v) is 2.86. The zero-order valence-corrected chi connectivity index (χ0v) is 6.91. The molecule has 2 N–H and O–H groups in total. The van der Waals surface area contributed by atoms with Crippen LogP contribution in [0.4, 0.5) is 0 Å². The summed E-state index contributed by atoms with van der Waals surface area (Å²) in [5.41, 5.74) is 2.02. The lowest BCUT2D eigenvalue weighted by Crippen LogP contribution is -2.28. The molecule has 0 aromatic carbocycles. The predicted octanol–water partition coefficient (Wildman–Crippen LogP) is 1.00. The third kappa shape index (κ3) is 1.52. The lowest BCUT2D eigenvalue weighted by Gasteiger charge is -2.22. The molecular formula is C9H14O2. The fourth-order valence-electron chi connectivity index (χ4n) is 1.29. The number of allylic oxidation sites excluding steroid dienone is 2. The Morgan fingerprint density at radius 3 is 2.64 bits per heavy atom. The molecule has 2 nitrogen and oxygen atoms in total. The molecule has 0 saturated heterocycles. The molecule has 1 aliphatic rings. The third-order valence-corrected chi connectivity index (χ3v) is 2.15. The summed E-state index contributed by atoms with van der Waals surface area (Å²) in [6, 6.07) is 0. The first kappa shape index (κ1) is 8.50. The highest BCUT2D eigenvalue weighted by atomic mass is 16.3. The molecule has 1 aliphatic carbocycles. The molecule has 0 aromatic rings. The average molecular weight is 154 g/mol. The molecule has 0 amide bonds. The molecule has 62 valence electrons. The summed E-state index contributed by atoms with van der Waals surface area (Å²) in [6.45, 7) is 3.89. The van der Waals surface area contributed by atoms with Crippen molar-refractivity contribution in [2.24, 2.45) is 0 Å². The van der Waals surface area contributed by atoms with Crippen molar-refractivity contribution < 1.29 is 10.2 Å². The Morgan fingerprint density at radius 1 is 1.45 bits per heavy atom. The van der Waals surface area contributed by atoms with E-state index in [9.17, 15) is 10.2 Å². The van der Waals surface area contributed by atoms with Gasteiger partial charge in [0.15, 0.2) is 0 Å². The number of aliphatic hydroxyl groups is 2. The average Bonchev–Trinajstić information content (AvgIpc) is 2.01. The molecule has 2 heteroatoms. The largest absolute Gasteiger partial charge is 0.386 e. The monoisotopic (exact) mass is 154 g/mol. The first-order chi connectivity index (χ1) is 5.16. The number of hydrogen-bond donors (Lipinski definition) is 2. The molecule has 1 rings (SSSR count). The Labute approximate surface area is 66.9 Å². The van der Waals surface area contributed by atoms with Crippen molar-refractivity contribution in [3.63, 3.8) is 0 Å². The second kappa shape index (κ2) is 3.20. The van der Waals surface area contributed by atoms with Crippen LogP contribution in [0.1, 0.15) is 20.3 Å². The van der Waals surface area contributed by atoms with Crippen molar-refractivity contribution in [1.82, 2.24) is 0 Å². The van der Waals surface area contributed by atoms with Crippen LogP contribution >= 0.6 is 0 Å². The summed E-state index contributed by atoms with van der Waals surface area (Å²) < 4.78 is 0. The van der Waals surface area contributed by atoms with Crippen LogP contribution in [0.5, 0.6) is 0 Å². The Hall–Kier alpha value is -0.600. The van der Waals surface area contributed by atoms with Crippen LogP contribution in [0, 0.1) is 0 Å². The van der Waals surface area contributed by atoms with Gasteiger partial charge in [0.05, 0.1) is 0 Å². The van der Waals surface area contributed by atoms with Crippen molar-refractivity contribution in [1.29, 1.82) is 0 Å². The van der Waals surface area contributed by atoms with Crippen molar-refractivity contribution in [3.05, 3.63) is 23.3 Å². The molecule has 11 heavy (non-hydrogen) atoms. The van der Waals surface area contributed by atoms with E-state index >= 15 is 0 Å². The topological polar surface area (TPSA) is 40.5 Å². The summed E-state index contributed by atoms with van der Waals surface area (Å²) >= 11 is 0. The molecular weight excluding hydrogens is 140 g/mol. The van der Waals surface area contributed by atoms with Gasteiger partial charge in [0.1, 0.15) is 12.2 Å². The van der Waals surface area contributed by atoms with Gasteiger partial charge in [0.25, 0.3) is 0 Å². The number of aliphatic hydroxyl groups excluding tert-OH is 2. The molecule has 2 unspecified atom stereocenters. The minimum absolute atomic E-state index is 0.699. The number of rotatable bonds is 1. The highest BCUT2D eigenvalue weighted by Crippen LogP contribution is 2.21. The van der Waals surface area contributed by atoms with Crippen molar-refractivity contribution in [2.75, 3.05) is 0 Å². The standard InChI is InChI=1S/C9H14O2/c1-3-7-4-5-8(10)9(11)6(7)2/h4-5,8-11H,3H2,1-2H3. The van der Waals surface area contributed by atoms with Gasteiger partial charge in [-0.15, -0.1) is 0 Å². The lowest BCUT2D eigenvalue weighted by atomic mass is 9.93. The van der Waals surface area contributed by atoms with Gasteiger partial charge >= 0.3 is 0 Å². The SMILES string of the molecule is CCC1=C(C)C(O)C(O)C=C1. The normalized spacial score (nSPS) is 31.3. The lowest BCUT2D eigenvalue weighted by molar-refractivity contribution is 0.0705. The van der Waals surface area contributed by atoms with E-state index in [1.165, 1.54) is 0 Å². The molecule has 0 fully saturated rings. The maximum absolute atomic E-state index is 9.39. The van der Waals surface area contributed by atoms with Gasteiger partial charge in [0.2, 0.25) is 0 Å². The summed E-state index contributed by atoms with van der Waals surface area (Å²) in [5.74, 6) is 0. The number of hydrogen-bond acceptors (Lipinski definition) is 2. The molecule has 2 atom stereocenters. The quantitative estimate of drug-likeness (QED) is 0.591. The minimum atomic E-state index is -0.717. The first-order valence-electron chi connectivity index (χ1n) is 3.90. The van der Waals surface area contributed by atoms with E-state index in [0.29, 0.717) is 0 Å². The maximum Gasteiger partial charge on any atom is 0.105 e. The predicted molar refractivity (Wildman–Crippen MR) is 44.1 cm³/mol. The van der Waals surface area contributed by atoms with Crippen LogP contribution in [0.3, 0.4) is 0 Å². The minimum Gasteiger partial charge on any atom is -0.386 e. The van der Waals surface area contributed by atoms with E-state index in [-0.39, 0.29) is 0 Å². The Bertz CT molecular complexity index is 204. The highest BCUT2D eigenvalue weighted by molar-refractivity contribution is 5.33. The van der Waals surface area contributed by atoms with E-state index in [2.05, 4.69) is 0 Å². The Morgan fingerprint density at radius 2 is 2.09 bits per heavy atom. The molecule has 0 saturated carbocycles. The van der Waals surface area contributed by atoms with E-state index in [1.54, 1.807) is 6.08 Å². The van der Waals surface area contributed by atoms with Crippen LogP contribution in [0.15, 0.2) is 23.3 Å². The van der Waals surface area contributed by atoms with Crippen LogP contribution < -0.4 is 0 Å². The molecule has 0 aromatic heterocycles. The molecule has 0 radical (unpaired) electrons. The van der Waals surface area contributed by atoms with Crippen molar-refractivity contribution >= 4 is 0 Å². The maximum atomic E-state index is 9.39. The Kier molecular flexibility index (Phi) is 2.47. The molecule has 0 aliphatic heterocycles. The van der Waals surface area contributed by atoms with Crippen molar-refractivity contribution in [2.45, 2.75) is 32.5 Å². The Balaban J connectivity index is 2.87. The summed E-state index contributed by atoms with van der Waals surface area (Å²) in [7, 11) is 0. The summed E-state index contributed by atoms with van der Waals surface area (Å²) in [5, 5.41) is 18.6. The van der Waals surface area contributed by atoms with Gasteiger partial charge in [-0.2, -0.15) is 0 Å². The first-order valence-corrected chi connectivity index (χ1v) is 3.90. The fraction of sp³-hybridized carbons (Fsp3) is 0.556. The van der Waals surface area contributed by atoms with Crippen LogP contribution in [0.25, 0.3) is 0 Å². The van der Waals surface area contributed by atoms with Gasteiger partial charge in [-0.1, -0.05) is 19.1 Å². The van der Waals surface area contributed by atoms with E-state index < -0.39 is 12.2 Å². The second-order valence-electron chi connectivity index (χ2n) is 2.86. The van der Waals surface area contributed by atoms with Gasteiger partial charge in [-0.3, -0.25) is 0 Å². The third-order valence-electron chi connectivity index (χ3n) is 2.15. The van der Waals surface area contributed by atoms with Crippen LogP contribution in [-0.4, -0.2) is 22.4 Å². The summed E-state index contributed by atoms with van der Waals surface area (Å²) in [6.07, 6.45) is 3.01. The van der Waals surface area contributed by atoms with E-state index in [1.807, 2.05) is 19.9 Å². The van der Waals surface area contributed by atoms with Crippen molar-refractivity contribution in [3.8, 4) is 0 Å². The van der Waals surface area contributed by atoms with Gasteiger partial charge in [-0.05, 0) is 24.5 Å². The van der Waals surface area contributed by atoms with Gasteiger partial charge < -0.3 is 10.2 Å². The fourth-order valence-corrected chi connectivity index (χ4v) is 1.29. The van der Waals surface area contributed by atoms with Gasteiger partial charge in [-0.25, -0.2) is 0 Å². The summed E-state index contributed by atoms with van der Waals surface area (Å²) in [4.78, 5) is 0. The molecule has 0 spiro atoms. The van der Waals surface area contributed by atoms with E-state index in [4.69, 9.17) is 0 Å². The zero-order valence-electron chi connectivity index (χ0n) is 6.91. The molecule has 0 bridgehead atoms. The highest BCUT2D eigenvalue weighted by Gasteiger charge is 2.20.